The number of carboxylic acids is 1. The summed E-state index contributed by atoms with van der Waals surface area (Å²) in [6, 6.07) is 3.35. The molecule has 1 unspecified atom stereocenters. The third-order valence-electron chi connectivity index (χ3n) is 7.05. The van der Waals surface area contributed by atoms with Crippen LogP contribution in [0.2, 0.25) is 0 Å². The van der Waals surface area contributed by atoms with E-state index >= 15 is 0 Å². The number of pyridine rings is 1. The van der Waals surface area contributed by atoms with E-state index in [0.29, 0.717) is 12.5 Å². The minimum Gasteiger partial charge on any atom is -0.480 e. The number of fused-ring (bicyclic) bond motifs is 1. The van der Waals surface area contributed by atoms with Gasteiger partial charge in [-0.15, -0.1) is 0 Å². The van der Waals surface area contributed by atoms with Crippen LogP contribution in [0.15, 0.2) is 12.1 Å². The first-order valence-electron chi connectivity index (χ1n) is 12.0. The van der Waals surface area contributed by atoms with Crippen LogP contribution in [0.4, 0.5) is 10.6 Å². The fourth-order valence-corrected chi connectivity index (χ4v) is 4.69. The van der Waals surface area contributed by atoms with Gasteiger partial charge < -0.3 is 25.2 Å². The van der Waals surface area contributed by atoms with Crippen LogP contribution in [0.5, 0.6) is 0 Å². The third-order valence-corrected chi connectivity index (χ3v) is 7.05. The summed E-state index contributed by atoms with van der Waals surface area (Å²) in [5, 5.41) is 15.2. The van der Waals surface area contributed by atoms with Crippen LogP contribution in [0.25, 0.3) is 0 Å². The number of carbonyl (C=O) groups is 2. The molecule has 2 saturated carbocycles. The average molecular weight is 446 g/mol. The summed E-state index contributed by atoms with van der Waals surface area (Å²) in [6.07, 6.45) is 8.76. The summed E-state index contributed by atoms with van der Waals surface area (Å²) < 4.78 is 11.2. The molecule has 0 radical (unpaired) electrons. The van der Waals surface area contributed by atoms with Gasteiger partial charge in [0.05, 0.1) is 6.10 Å². The molecule has 1 aliphatic heterocycles. The number of nitrogens with zero attached hydrogens (tertiary/aromatic N) is 1. The van der Waals surface area contributed by atoms with E-state index in [1.54, 1.807) is 0 Å². The second-order valence-corrected chi connectivity index (χ2v) is 9.73. The van der Waals surface area contributed by atoms with Crippen molar-refractivity contribution in [1.29, 1.82) is 0 Å². The molecule has 1 atom stereocenters. The Bertz CT molecular complexity index is 820. The lowest BCUT2D eigenvalue weighted by Crippen LogP contribution is -2.47. The zero-order valence-corrected chi connectivity index (χ0v) is 18.9. The zero-order valence-electron chi connectivity index (χ0n) is 18.9. The van der Waals surface area contributed by atoms with E-state index in [2.05, 4.69) is 22.8 Å². The maximum atomic E-state index is 12.0. The van der Waals surface area contributed by atoms with E-state index in [9.17, 15) is 14.7 Å². The number of carbonyl (C=O) groups excluding carboxylic acids is 1. The molecular formula is C24H35N3O5. The Kier molecular flexibility index (Phi) is 7.18. The summed E-state index contributed by atoms with van der Waals surface area (Å²) in [5.74, 6) is 0.607. The van der Waals surface area contributed by atoms with Crippen molar-refractivity contribution in [3.05, 3.63) is 23.4 Å². The molecule has 1 aromatic rings. The second-order valence-electron chi connectivity index (χ2n) is 9.73. The molecule has 8 nitrogen and oxygen atoms in total. The molecule has 0 saturated heterocycles. The van der Waals surface area contributed by atoms with E-state index in [1.165, 1.54) is 12.0 Å². The number of ether oxygens (including phenoxy) is 2. The Morgan fingerprint density at radius 3 is 2.84 bits per heavy atom. The fraction of sp³-hybridized carbons (Fsp3) is 0.708. The molecule has 0 spiro atoms. The minimum absolute atomic E-state index is 0.174. The summed E-state index contributed by atoms with van der Waals surface area (Å²) in [7, 11) is 0. The molecule has 8 heteroatoms. The molecule has 4 rings (SSSR count). The quantitative estimate of drug-likeness (QED) is 0.504. The highest BCUT2D eigenvalue weighted by molar-refractivity contribution is 5.80. The number of anilines is 1. The Morgan fingerprint density at radius 2 is 2.12 bits per heavy atom. The lowest BCUT2D eigenvalue weighted by atomic mass is 9.79. The van der Waals surface area contributed by atoms with Crippen molar-refractivity contribution in [2.75, 3.05) is 18.5 Å². The van der Waals surface area contributed by atoms with Gasteiger partial charge in [-0.1, -0.05) is 6.07 Å². The first kappa shape index (κ1) is 22.8. The van der Waals surface area contributed by atoms with Crippen LogP contribution in [0, 0.1) is 5.92 Å². The van der Waals surface area contributed by atoms with Gasteiger partial charge in [0, 0.05) is 25.3 Å². The van der Waals surface area contributed by atoms with Crippen molar-refractivity contribution < 1.29 is 24.2 Å². The van der Waals surface area contributed by atoms with Gasteiger partial charge in [0.15, 0.2) is 0 Å². The molecule has 1 aromatic heterocycles. The topological polar surface area (TPSA) is 110 Å². The van der Waals surface area contributed by atoms with Crippen LogP contribution in [-0.4, -0.2) is 53.1 Å². The van der Waals surface area contributed by atoms with Crippen LogP contribution in [0.3, 0.4) is 0 Å². The molecular weight excluding hydrogens is 410 g/mol. The van der Waals surface area contributed by atoms with Gasteiger partial charge in [0.25, 0.3) is 0 Å². The predicted molar refractivity (Wildman–Crippen MR) is 120 cm³/mol. The van der Waals surface area contributed by atoms with Gasteiger partial charge in [-0.3, -0.25) is 0 Å². The van der Waals surface area contributed by atoms with E-state index in [-0.39, 0.29) is 12.5 Å². The highest BCUT2D eigenvalue weighted by Gasteiger charge is 2.37. The first-order valence-corrected chi connectivity index (χ1v) is 12.0. The Balaban J connectivity index is 1.11. The lowest BCUT2D eigenvalue weighted by molar-refractivity contribution is -0.140. The number of rotatable bonds is 10. The predicted octanol–water partition coefficient (Wildman–Crippen LogP) is 3.68. The molecule has 2 aliphatic carbocycles. The van der Waals surface area contributed by atoms with E-state index in [1.807, 2.05) is 6.92 Å². The summed E-state index contributed by atoms with van der Waals surface area (Å²) in [4.78, 5) is 28.2. The third kappa shape index (κ3) is 5.91. The Morgan fingerprint density at radius 1 is 1.31 bits per heavy atom. The smallest absolute Gasteiger partial charge is 0.408 e. The largest absolute Gasteiger partial charge is 0.480 e. The molecule has 3 aliphatic rings. The molecule has 176 valence electrons. The van der Waals surface area contributed by atoms with Crippen LogP contribution in [-0.2, 0) is 27.1 Å². The van der Waals surface area contributed by atoms with Crippen molar-refractivity contribution in [3.8, 4) is 0 Å². The number of nitrogens with one attached hydrogen (secondary N) is 2. The summed E-state index contributed by atoms with van der Waals surface area (Å²) >= 11 is 0. The van der Waals surface area contributed by atoms with Gasteiger partial charge in [-0.05, 0) is 82.3 Å². The van der Waals surface area contributed by atoms with Gasteiger partial charge in [0.2, 0.25) is 0 Å². The summed E-state index contributed by atoms with van der Waals surface area (Å²) in [6.45, 7) is 3.19. The highest BCUT2D eigenvalue weighted by atomic mass is 16.6. The monoisotopic (exact) mass is 445 g/mol. The summed E-state index contributed by atoms with van der Waals surface area (Å²) in [5.41, 5.74) is 2.01. The molecule has 2 heterocycles. The maximum absolute atomic E-state index is 12.0. The standard InChI is InChI=1S/C24H35N3O5/c1-24(10-3-11-24)32-23(30)27-20(22(28)29)9-13-31-19-14-16(15-19)5-7-18-8-6-17-4-2-12-25-21(17)26-18/h6,8,16,19-20H,2-5,7,9-15H2,1H3,(H,25,26)(H,27,30)(H,28,29)/t16-,19-,20?. The highest BCUT2D eigenvalue weighted by Crippen LogP contribution is 2.35. The number of alkyl carbamates (subject to hydrolysis) is 1. The molecule has 0 aromatic carbocycles. The van der Waals surface area contributed by atoms with E-state index in [0.717, 1.165) is 69.4 Å². The number of carboxylic acid groups (broad SMARTS) is 1. The molecule has 1 amide bonds. The van der Waals surface area contributed by atoms with E-state index < -0.39 is 23.7 Å². The Hall–Kier alpha value is -2.35. The number of aromatic nitrogens is 1. The van der Waals surface area contributed by atoms with Gasteiger partial charge in [-0.2, -0.15) is 0 Å². The SMILES string of the molecule is CC1(OC(=O)NC(CCO[C@H]2C[C@H](CCc3ccc4c(n3)NCCC4)C2)C(=O)O)CCC1. The lowest BCUT2D eigenvalue weighted by Gasteiger charge is -2.37. The maximum Gasteiger partial charge on any atom is 0.408 e. The molecule has 2 fully saturated rings. The van der Waals surface area contributed by atoms with Crippen LogP contribution in [0.1, 0.15) is 69.5 Å². The van der Waals surface area contributed by atoms with Crippen molar-refractivity contribution in [1.82, 2.24) is 10.3 Å². The number of hydrogen-bond acceptors (Lipinski definition) is 6. The minimum atomic E-state index is -1.07. The van der Waals surface area contributed by atoms with Gasteiger partial charge >= 0.3 is 12.1 Å². The van der Waals surface area contributed by atoms with Gasteiger partial charge in [-0.25, -0.2) is 14.6 Å². The number of aliphatic carboxylic acids is 1. The van der Waals surface area contributed by atoms with Crippen molar-refractivity contribution in [3.63, 3.8) is 0 Å². The average Bonchev–Trinajstić information content (AvgIpc) is 2.72. The Labute approximate surface area is 189 Å². The van der Waals surface area contributed by atoms with Crippen molar-refractivity contribution in [2.24, 2.45) is 5.92 Å². The van der Waals surface area contributed by atoms with Crippen molar-refractivity contribution in [2.45, 2.75) is 88.9 Å². The normalized spacial score (nSPS) is 24.2. The molecule has 0 bridgehead atoms. The van der Waals surface area contributed by atoms with Crippen molar-refractivity contribution >= 4 is 17.9 Å². The van der Waals surface area contributed by atoms with Gasteiger partial charge in [0.1, 0.15) is 17.5 Å². The number of amides is 1. The first-order chi connectivity index (χ1) is 15.4. The number of hydrogen-bond donors (Lipinski definition) is 3. The van der Waals surface area contributed by atoms with E-state index in [4.69, 9.17) is 14.5 Å². The van der Waals surface area contributed by atoms with Crippen LogP contribution >= 0.6 is 0 Å². The fourth-order valence-electron chi connectivity index (χ4n) is 4.69. The van der Waals surface area contributed by atoms with Crippen LogP contribution < -0.4 is 10.6 Å². The molecule has 3 N–H and O–H groups in total. The molecule has 32 heavy (non-hydrogen) atoms. The number of aryl methyl sites for hydroxylation is 2. The zero-order chi connectivity index (χ0) is 22.6. The second kappa shape index (κ2) is 10.1.